The number of nitrogens with one attached hydrogen (secondary N) is 1. The summed E-state index contributed by atoms with van der Waals surface area (Å²) in [4.78, 5) is 8.58. The van der Waals surface area contributed by atoms with Crippen molar-refractivity contribution in [3.05, 3.63) is 23.8 Å². The largest absolute Gasteiger partial charge is 0.306 e. The maximum atomic E-state index is 4.42. The van der Waals surface area contributed by atoms with E-state index in [4.69, 9.17) is 0 Å². The van der Waals surface area contributed by atoms with Crippen LogP contribution in [0.2, 0.25) is 0 Å². The van der Waals surface area contributed by atoms with Crippen molar-refractivity contribution in [2.75, 3.05) is 0 Å². The molecule has 1 heterocycles. The molecule has 3 nitrogen and oxygen atoms in total. The van der Waals surface area contributed by atoms with E-state index >= 15 is 0 Å². The van der Waals surface area contributed by atoms with Crippen molar-refractivity contribution >= 4 is 0 Å². The molecule has 0 aliphatic carbocycles. The second-order valence-electron chi connectivity index (χ2n) is 4.42. The summed E-state index contributed by atoms with van der Waals surface area (Å²) in [7, 11) is 0. The van der Waals surface area contributed by atoms with Gasteiger partial charge in [0.2, 0.25) is 0 Å². The predicted molar refractivity (Wildman–Crippen MR) is 58.0 cm³/mol. The number of nitrogens with zero attached hydrogens (tertiary/aromatic N) is 2. The molecule has 0 aliphatic rings. The lowest BCUT2D eigenvalue weighted by molar-refractivity contribution is 0.420. The van der Waals surface area contributed by atoms with Gasteiger partial charge in [0.15, 0.2) is 0 Å². The summed E-state index contributed by atoms with van der Waals surface area (Å²) in [6, 6.07) is 1.96. The average molecular weight is 193 g/mol. The lowest BCUT2D eigenvalue weighted by Crippen LogP contribution is -2.35. The number of hydrogen-bond acceptors (Lipinski definition) is 3. The van der Waals surface area contributed by atoms with Crippen molar-refractivity contribution in [1.82, 2.24) is 15.3 Å². The average Bonchev–Trinajstić information content (AvgIpc) is 2.14. The van der Waals surface area contributed by atoms with Crippen LogP contribution in [-0.2, 0) is 13.0 Å². The van der Waals surface area contributed by atoms with Gasteiger partial charge in [0.25, 0.3) is 0 Å². The summed E-state index contributed by atoms with van der Waals surface area (Å²) in [5.74, 6) is 0.915. The molecule has 1 rings (SSSR count). The number of hydrogen-bond donors (Lipinski definition) is 1. The van der Waals surface area contributed by atoms with Gasteiger partial charge in [-0.05, 0) is 26.8 Å². The normalized spacial score (nSPS) is 11.7. The van der Waals surface area contributed by atoms with Crippen molar-refractivity contribution in [3.63, 3.8) is 0 Å². The van der Waals surface area contributed by atoms with Gasteiger partial charge in [-0.3, -0.25) is 0 Å². The molecule has 0 aliphatic heterocycles. The second kappa shape index (κ2) is 4.51. The van der Waals surface area contributed by atoms with Crippen LogP contribution >= 0.6 is 0 Å². The zero-order valence-electron chi connectivity index (χ0n) is 9.46. The third-order valence-electron chi connectivity index (χ3n) is 1.88. The van der Waals surface area contributed by atoms with Crippen LogP contribution in [0.4, 0.5) is 0 Å². The van der Waals surface area contributed by atoms with Gasteiger partial charge in [0.05, 0.1) is 5.69 Å². The van der Waals surface area contributed by atoms with E-state index < -0.39 is 0 Å². The van der Waals surface area contributed by atoms with E-state index in [0.717, 1.165) is 24.5 Å². The molecule has 0 atom stereocenters. The van der Waals surface area contributed by atoms with Crippen LogP contribution in [0.3, 0.4) is 0 Å². The molecular formula is C11H19N3. The predicted octanol–water partition coefficient (Wildman–Crippen LogP) is 1.93. The Morgan fingerprint density at radius 3 is 2.64 bits per heavy atom. The Morgan fingerprint density at radius 2 is 2.07 bits per heavy atom. The molecule has 1 N–H and O–H groups in total. The molecule has 1 aromatic heterocycles. The summed E-state index contributed by atoms with van der Waals surface area (Å²) in [6.45, 7) is 9.31. The molecule has 0 saturated heterocycles. The van der Waals surface area contributed by atoms with Gasteiger partial charge in [-0.1, -0.05) is 6.92 Å². The van der Waals surface area contributed by atoms with E-state index in [1.807, 2.05) is 12.3 Å². The van der Waals surface area contributed by atoms with Crippen LogP contribution in [0.1, 0.15) is 39.2 Å². The fourth-order valence-corrected chi connectivity index (χ4v) is 1.07. The minimum absolute atomic E-state index is 0.136. The topological polar surface area (TPSA) is 37.8 Å². The van der Waals surface area contributed by atoms with Gasteiger partial charge in [-0.15, -0.1) is 0 Å². The fourth-order valence-electron chi connectivity index (χ4n) is 1.07. The molecule has 0 aromatic carbocycles. The van der Waals surface area contributed by atoms with Crippen LogP contribution < -0.4 is 5.32 Å². The van der Waals surface area contributed by atoms with E-state index in [-0.39, 0.29) is 5.54 Å². The number of rotatable bonds is 3. The second-order valence-corrected chi connectivity index (χ2v) is 4.42. The monoisotopic (exact) mass is 193 g/mol. The molecule has 78 valence electrons. The Kier molecular flexibility index (Phi) is 3.58. The highest BCUT2D eigenvalue weighted by Crippen LogP contribution is 2.02. The molecule has 0 saturated carbocycles. The van der Waals surface area contributed by atoms with E-state index in [1.165, 1.54) is 0 Å². The Bertz CT molecular complexity index is 289. The summed E-state index contributed by atoms with van der Waals surface area (Å²) in [5, 5.41) is 3.40. The molecule has 0 unspecified atom stereocenters. The third-order valence-corrected chi connectivity index (χ3v) is 1.88. The van der Waals surface area contributed by atoms with E-state index in [1.54, 1.807) is 0 Å². The first-order valence-corrected chi connectivity index (χ1v) is 5.07. The van der Waals surface area contributed by atoms with Crippen LogP contribution in [0.15, 0.2) is 12.3 Å². The maximum absolute atomic E-state index is 4.42. The SMILES string of the molecule is CCc1nccc(CNC(C)(C)C)n1. The molecule has 1 aromatic rings. The van der Waals surface area contributed by atoms with Gasteiger partial charge in [-0.25, -0.2) is 9.97 Å². The van der Waals surface area contributed by atoms with Gasteiger partial charge >= 0.3 is 0 Å². The minimum atomic E-state index is 0.136. The van der Waals surface area contributed by atoms with Crippen molar-refractivity contribution in [2.45, 2.75) is 46.2 Å². The summed E-state index contributed by atoms with van der Waals surface area (Å²) < 4.78 is 0. The van der Waals surface area contributed by atoms with E-state index in [2.05, 4.69) is 43.0 Å². The first-order chi connectivity index (χ1) is 6.51. The Hall–Kier alpha value is -0.960. The van der Waals surface area contributed by atoms with Crippen LogP contribution in [0, 0.1) is 0 Å². The van der Waals surface area contributed by atoms with E-state index in [9.17, 15) is 0 Å². The lowest BCUT2D eigenvalue weighted by atomic mass is 10.1. The number of aryl methyl sites for hydroxylation is 1. The third kappa shape index (κ3) is 3.83. The highest BCUT2D eigenvalue weighted by molar-refractivity contribution is 5.02. The molecule has 0 fully saturated rings. The summed E-state index contributed by atoms with van der Waals surface area (Å²) >= 11 is 0. The first-order valence-electron chi connectivity index (χ1n) is 5.07. The zero-order valence-corrected chi connectivity index (χ0v) is 9.46. The molecule has 0 amide bonds. The fraction of sp³-hybridized carbons (Fsp3) is 0.636. The first kappa shape index (κ1) is 11.1. The standard InChI is InChI=1S/C11H19N3/c1-5-10-12-7-6-9(14-10)8-13-11(2,3)4/h6-7,13H,5,8H2,1-4H3. The highest BCUT2D eigenvalue weighted by atomic mass is 15.0. The van der Waals surface area contributed by atoms with Crippen molar-refractivity contribution in [1.29, 1.82) is 0 Å². The zero-order chi connectivity index (χ0) is 10.6. The van der Waals surface area contributed by atoms with Gasteiger partial charge in [0.1, 0.15) is 5.82 Å². The van der Waals surface area contributed by atoms with E-state index in [0.29, 0.717) is 0 Å². The Balaban J connectivity index is 2.59. The van der Waals surface area contributed by atoms with Crippen LogP contribution in [0.25, 0.3) is 0 Å². The quantitative estimate of drug-likeness (QED) is 0.797. The molecule has 0 bridgehead atoms. The smallest absolute Gasteiger partial charge is 0.128 e. The Morgan fingerprint density at radius 1 is 1.36 bits per heavy atom. The lowest BCUT2D eigenvalue weighted by Gasteiger charge is -2.20. The van der Waals surface area contributed by atoms with Crippen molar-refractivity contribution in [2.24, 2.45) is 0 Å². The van der Waals surface area contributed by atoms with Gasteiger partial charge < -0.3 is 5.32 Å². The van der Waals surface area contributed by atoms with Crippen LogP contribution in [0.5, 0.6) is 0 Å². The molecule has 0 spiro atoms. The highest BCUT2D eigenvalue weighted by Gasteiger charge is 2.08. The molecule has 14 heavy (non-hydrogen) atoms. The van der Waals surface area contributed by atoms with Crippen molar-refractivity contribution in [3.8, 4) is 0 Å². The summed E-state index contributed by atoms with van der Waals surface area (Å²) in [6.07, 6.45) is 2.72. The Labute approximate surface area is 86.0 Å². The van der Waals surface area contributed by atoms with Gasteiger partial charge in [-0.2, -0.15) is 0 Å². The van der Waals surface area contributed by atoms with Crippen molar-refractivity contribution < 1.29 is 0 Å². The molecule has 3 heteroatoms. The summed E-state index contributed by atoms with van der Waals surface area (Å²) in [5.41, 5.74) is 1.20. The molecular weight excluding hydrogens is 174 g/mol. The molecule has 0 radical (unpaired) electrons. The van der Waals surface area contributed by atoms with Gasteiger partial charge in [0, 0.05) is 24.7 Å². The maximum Gasteiger partial charge on any atom is 0.128 e. The van der Waals surface area contributed by atoms with Crippen LogP contribution in [-0.4, -0.2) is 15.5 Å². The number of aromatic nitrogens is 2. The minimum Gasteiger partial charge on any atom is -0.306 e.